The molecule has 2 amide bonds. The predicted molar refractivity (Wildman–Crippen MR) is 126 cm³/mol. The minimum Gasteiger partial charge on any atom is -0.489 e. The van der Waals surface area contributed by atoms with Crippen molar-refractivity contribution in [3.63, 3.8) is 0 Å². The zero-order valence-corrected chi connectivity index (χ0v) is 18.8. The molecule has 7 heteroatoms. The van der Waals surface area contributed by atoms with Crippen molar-refractivity contribution in [2.24, 2.45) is 11.0 Å². The molecular weight excluding hydrogens is 406 g/mol. The van der Waals surface area contributed by atoms with Crippen molar-refractivity contribution in [2.45, 2.75) is 33.2 Å². The van der Waals surface area contributed by atoms with Gasteiger partial charge in [0.15, 0.2) is 6.61 Å². The summed E-state index contributed by atoms with van der Waals surface area (Å²) in [6.07, 6.45) is 3.63. The summed E-state index contributed by atoms with van der Waals surface area (Å²) in [7, 11) is 0. The zero-order valence-electron chi connectivity index (χ0n) is 18.8. The molecule has 0 bridgehead atoms. The highest BCUT2D eigenvalue weighted by molar-refractivity contribution is 5.89. The molecule has 0 radical (unpaired) electrons. The topological polar surface area (TPSA) is 89.0 Å². The van der Waals surface area contributed by atoms with E-state index < -0.39 is 11.9 Å². The third-order valence-corrected chi connectivity index (χ3v) is 4.47. The van der Waals surface area contributed by atoms with Gasteiger partial charge in [0, 0.05) is 5.56 Å². The lowest BCUT2D eigenvalue weighted by Gasteiger charge is -2.19. The standard InChI is InChI=1S/C25H31N3O4/c1-5-14-31-23-13-9-7-11-20(23)16-26-28-25(30)21(15-18(2)3)27-24(29)17-32-22-12-8-6-10-19(22)4/h5-13,16,18,21H,1,14-15,17H2,2-4H3,(H,27,29)(H,28,30)/b26-16-/t21-/m0/s1. The molecule has 2 N–H and O–H groups in total. The second kappa shape index (κ2) is 12.9. The summed E-state index contributed by atoms with van der Waals surface area (Å²) in [6, 6.07) is 14.0. The number of carbonyl (C=O) groups excluding carboxylic acids is 2. The highest BCUT2D eigenvalue weighted by atomic mass is 16.5. The van der Waals surface area contributed by atoms with Crippen LogP contribution in [0.4, 0.5) is 0 Å². The molecule has 0 saturated carbocycles. The Balaban J connectivity index is 1.96. The lowest BCUT2D eigenvalue weighted by Crippen LogP contribution is -2.47. The molecule has 0 aliphatic rings. The number of benzene rings is 2. The molecule has 1 atom stereocenters. The summed E-state index contributed by atoms with van der Waals surface area (Å²) in [6.45, 7) is 9.68. The maximum atomic E-state index is 12.7. The first-order chi connectivity index (χ1) is 15.4. The summed E-state index contributed by atoms with van der Waals surface area (Å²) in [5.41, 5.74) is 4.15. The SMILES string of the molecule is C=CCOc1ccccc1/C=N\NC(=O)[C@H](CC(C)C)NC(=O)COc1ccccc1C. The first-order valence-corrected chi connectivity index (χ1v) is 10.5. The lowest BCUT2D eigenvalue weighted by atomic mass is 10.0. The molecule has 2 rings (SSSR count). The predicted octanol–water partition coefficient (Wildman–Crippen LogP) is 3.62. The van der Waals surface area contributed by atoms with E-state index in [9.17, 15) is 9.59 Å². The van der Waals surface area contributed by atoms with Crippen LogP contribution in [0.25, 0.3) is 0 Å². The van der Waals surface area contributed by atoms with Crippen LogP contribution >= 0.6 is 0 Å². The van der Waals surface area contributed by atoms with Crippen LogP contribution in [0.15, 0.2) is 66.3 Å². The van der Waals surface area contributed by atoms with Crippen molar-refractivity contribution in [2.75, 3.05) is 13.2 Å². The summed E-state index contributed by atoms with van der Waals surface area (Å²) in [4.78, 5) is 25.1. The molecule has 32 heavy (non-hydrogen) atoms. The number of rotatable bonds is 12. The van der Waals surface area contributed by atoms with Crippen LogP contribution in [0.5, 0.6) is 11.5 Å². The third kappa shape index (κ3) is 8.26. The minimum atomic E-state index is -0.729. The zero-order chi connectivity index (χ0) is 23.3. The fraction of sp³-hybridized carbons (Fsp3) is 0.320. The monoisotopic (exact) mass is 437 g/mol. The molecule has 0 aliphatic heterocycles. The van der Waals surface area contributed by atoms with Crippen LogP contribution in [-0.2, 0) is 9.59 Å². The van der Waals surface area contributed by atoms with Gasteiger partial charge in [-0.3, -0.25) is 9.59 Å². The number of hydrogen-bond donors (Lipinski definition) is 2. The van der Waals surface area contributed by atoms with E-state index in [2.05, 4.69) is 22.4 Å². The van der Waals surface area contributed by atoms with Gasteiger partial charge in [-0.1, -0.05) is 56.8 Å². The van der Waals surface area contributed by atoms with Crippen LogP contribution in [0.2, 0.25) is 0 Å². The van der Waals surface area contributed by atoms with E-state index in [4.69, 9.17) is 9.47 Å². The highest BCUT2D eigenvalue weighted by Crippen LogP contribution is 2.16. The molecule has 0 spiro atoms. The van der Waals surface area contributed by atoms with Crippen LogP contribution < -0.4 is 20.2 Å². The van der Waals surface area contributed by atoms with Crippen molar-refractivity contribution in [3.05, 3.63) is 72.3 Å². The van der Waals surface area contributed by atoms with Gasteiger partial charge in [-0.25, -0.2) is 5.43 Å². The van der Waals surface area contributed by atoms with Gasteiger partial charge in [0.25, 0.3) is 11.8 Å². The smallest absolute Gasteiger partial charge is 0.262 e. The normalized spacial score (nSPS) is 11.8. The van der Waals surface area contributed by atoms with Crippen LogP contribution in [0, 0.1) is 12.8 Å². The fourth-order valence-corrected chi connectivity index (χ4v) is 2.91. The molecule has 0 heterocycles. The van der Waals surface area contributed by atoms with E-state index >= 15 is 0 Å². The van der Waals surface area contributed by atoms with E-state index in [1.165, 1.54) is 6.21 Å². The first kappa shape index (κ1) is 24.7. The fourth-order valence-electron chi connectivity index (χ4n) is 2.91. The van der Waals surface area contributed by atoms with Crippen molar-refractivity contribution in [1.29, 1.82) is 0 Å². The number of hydrazone groups is 1. The molecule has 170 valence electrons. The molecule has 2 aromatic carbocycles. The average molecular weight is 438 g/mol. The summed E-state index contributed by atoms with van der Waals surface area (Å²) in [5, 5.41) is 6.78. The van der Waals surface area contributed by atoms with E-state index in [-0.39, 0.29) is 18.4 Å². The van der Waals surface area contributed by atoms with Gasteiger partial charge in [-0.2, -0.15) is 5.10 Å². The highest BCUT2D eigenvalue weighted by Gasteiger charge is 2.22. The van der Waals surface area contributed by atoms with Gasteiger partial charge >= 0.3 is 0 Å². The molecule has 0 fully saturated rings. The Labute approximate surface area is 189 Å². The first-order valence-electron chi connectivity index (χ1n) is 10.5. The quantitative estimate of drug-likeness (QED) is 0.302. The molecular formula is C25H31N3O4. The molecule has 7 nitrogen and oxygen atoms in total. The van der Waals surface area contributed by atoms with Gasteiger partial charge < -0.3 is 14.8 Å². The number of nitrogens with one attached hydrogen (secondary N) is 2. The Bertz CT molecular complexity index is 940. The Morgan fingerprint density at radius 1 is 1.06 bits per heavy atom. The number of nitrogens with zero attached hydrogens (tertiary/aromatic N) is 1. The van der Waals surface area contributed by atoms with Crippen molar-refractivity contribution in [3.8, 4) is 11.5 Å². The van der Waals surface area contributed by atoms with E-state index in [1.807, 2.05) is 63.2 Å². The Kier molecular flexibility index (Phi) is 9.97. The van der Waals surface area contributed by atoms with Crippen molar-refractivity contribution < 1.29 is 19.1 Å². The van der Waals surface area contributed by atoms with Gasteiger partial charge in [-0.05, 0) is 43.0 Å². The Morgan fingerprint density at radius 2 is 1.75 bits per heavy atom. The van der Waals surface area contributed by atoms with Crippen LogP contribution in [0.3, 0.4) is 0 Å². The number of hydrogen-bond acceptors (Lipinski definition) is 5. The average Bonchev–Trinajstić information content (AvgIpc) is 2.77. The van der Waals surface area contributed by atoms with Gasteiger partial charge in [0.1, 0.15) is 24.1 Å². The van der Waals surface area contributed by atoms with Gasteiger partial charge in [0.2, 0.25) is 0 Å². The number of ether oxygens (including phenoxy) is 2. The number of para-hydroxylation sites is 2. The van der Waals surface area contributed by atoms with Gasteiger partial charge in [-0.15, -0.1) is 0 Å². The summed E-state index contributed by atoms with van der Waals surface area (Å²) >= 11 is 0. The molecule has 0 unspecified atom stereocenters. The second-order valence-corrected chi connectivity index (χ2v) is 7.68. The van der Waals surface area contributed by atoms with Crippen LogP contribution in [0.1, 0.15) is 31.4 Å². The van der Waals surface area contributed by atoms with Crippen LogP contribution in [-0.4, -0.2) is 37.3 Å². The Morgan fingerprint density at radius 3 is 2.44 bits per heavy atom. The van der Waals surface area contributed by atoms with Gasteiger partial charge in [0.05, 0.1) is 6.21 Å². The minimum absolute atomic E-state index is 0.177. The lowest BCUT2D eigenvalue weighted by molar-refractivity contribution is -0.130. The number of amides is 2. The van der Waals surface area contributed by atoms with Crippen molar-refractivity contribution in [1.82, 2.24) is 10.7 Å². The van der Waals surface area contributed by atoms with E-state index in [1.54, 1.807) is 12.1 Å². The summed E-state index contributed by atoms with van der Waals surface area (Å²) < 4.78 is 11.1. The Hall–Kier alpha value is -3.61. The van der Waals surface area contributed by atoms with E-state index in [0.717, 1.165) is 5.56 Å². The number of carbonyl (C=O) groups is 2. The largest absolute Gasteiger partial charge is 0.489 e. The maximum absolute atomic E-state index is 12.7. The molecule has 0 aliphatic carbocycles. The van der Waals surface area contributed by atoms with E-state index in [0.29, 0.717) is 30.1 Å². The number of aryl methyl sites for hydroxylation is 1. The molecule has 2 aromatic rings. The maximum Gasteiger partial charge on any atom is 0.262 e. The molecule has 0 aromatic heterocycles. The van der Waals surface area contributed by atoms with Crippen molar-refractivity contribution >= 4 is 18.0 Å². The third-order valence-electron chi connectivity index (χ3n) is 4.47. The molecule has 0 saturated heterocycles. The second-order valence-electron chi connectivity index (χ2n) is 7.68. The summed E-state index contributed by atoms with van der Waals surface area (Å²) in [5.74, 6) is 0.686.